The number of nitrogens with two attached hydrogens (primary N) is 1. The first kappa shape index (κ1) is 15.9. The van der Waals surface area contributed by atoms with E-state index in [1.54, 1.807) is 32.9 Å². The van der Waals surface area contributed by atoms with Crippen molar-refractivity contribution in [3.05, 3.63) is 24.3 Å². The lowest BCUT2D eigenvalue weighted by atomic mass is 10.1. The van der Waals surface area contributed by atoms with E-state index in [-0.39, 0.29) is 11.5 Å². The van der Waals surface area contributed by atoms with Gasteiger partial charge in [0.05, 0.1) is 4.90 Å². The largest absolute Gasteiger partial charge is 0.491 e. The van der Waals surface area contributed by atoms with E-state index in [9.17, 15) is 8.42 Å². The highest BCUT2D eigenvalue weighted by Crippen LogP contribution is 2.17. The van der Waals surface area contributed by atoms with Crippen LogP contribution in [0.15, 0.2) is 29.2 Å². The maximum Gasteiger partial charge on any atom is 0.241 e. The van der Waals surface area contributed by atoms with Crippen LogP contribution in [0.4, 0.5) is 0 Å². The normalized spacial score (nSPS) is 12.4. The summed E-state index contributed by atoms with van der Waals surface area (Å²) < 4.78 is 31.9. The second-order valence-corrected chi connectivity index (χ2v) is 6.73. The molecule has 0 amide bonds. The smallest absolute Gasteiger partial charge is 0.241 e. The van der Waals surface area contributed by atoms with Crippen molar-refractivity contribution in [3.63, 3.8) is 0 Å². The maximum atomic E-state index is 12.0. The summed E-state index contributed by atoms with van der Waals surface area (Å²) in [7, 11) is -3.51. The highest BCUT2D eigenvalue weighted by molar-refractivity contribution is 7.89. The Bertz CT molecular complexity index is 491. The molecule has 0 aliphatic heterocycles. The highest BCUT2D eigenvalue weighted by atomic mass is 32.2. The van der Waals surface area contributed by atoms with Crippen LogP contribution in [-0.2, 0) is 14.9 Å². The topological polar surface area (TPSA) is 90.7 Å². The molecule has 0 heterocycles. The molecule has 0 saturated carbocycles. The molecule has 0 spiro atoms. The first-order valence-electron chi connectivity index (χ1n) is 5.83. The molecule has 108 valence electrons. The molecule has 19 heavy (non-hydrogen) atoms. The van der Waals surface area contributed by atoms with Crippen LogP contribution in [-0.4, -0.2) is 27.2 Å². The third-order valence-electron chi connectivity index (χ3n) is 2.04. The summed E-state index contributed by atoms with van der Waals surface area (Å²) >= 11 is 0. The zero-order chi connectivity index (χ0) is 14.5. The molecule has 6 nitrogen and oxygen atoms in total. The molecular weight excluding hydrogens is 268 g/mol. The van der Waals surface area contributed by atoms with Gasteiger partial charge >= 0.3 is 0 Å². The fourth-order valence-corrected chi connectivity index (χ4v) is 2.80. The summed E-state index contributed by atoms with van der Waals surface area (Å²) in [5.41, 5.74) is -0.521. The van der Waals surface area contributed by atoms with Crippen molar-refractivity contribution in [2.75, 3.05) is 13.2 Å². The van der Waals surface area contributed by atoms with E-state index < -0.39 is 15.6 Å². The first-order chi connectivity index (χ1) is 8.74. The van der Waals surface area contributed by atoms with Crippen LogP contribution in [0, 0.1) is 0 Å². The van der Waals surface area contributed by atoms with Gasteiger partial charge in [0.15, 0.2) is 0 Å². The molecule has 3 N–H and O–H groups in total. The van der Waals surface area contributed by atoms with Crippen LogP contribution in [0.5, 0.6) is 5.75 Å². The Morgan fingerprint density at radius 3 is 2.21 bits per heavy atom. The second-order valence-electron chi connectivity index (χ2n) is 5.05. The fraction of sp³-hybridized carbons (Fsp3) is 0.500. The van der Waals surface area contributed by atoms with Crippen LogP contribution >= 0.6 is 0 Å². The SMILES string of the molecule is CC(C)(C)NS(=O)(=O)c1ccc(OCCON)cc1. The molecule has 0 atom stereocenters. The third-order valence-corrected chi connectivity index (χ3v) is 3.82. The van der Waals surface area contributed by atoms with Crippen molar-refractivity contribution in [1.29, 1.82) is 0 Å². The molecule has 0 fully saturated rings. The average Bonchev–Trinajstić information content (AvgIpc) is 2.27. The number of hydrogen-bond donors (Lipinski definition) is 2. The quantitative estimate of drug-likeness (QED) is 0.603. The van der Waals surface area contributed by atoms with Gasteiger partial charge in [-0.25, -0.2) is 19.0 Å². The molecule has 0 aliphatic rings. The lowest BCUT2D eigenvalue weighted by molar-refractivity contribution is 0.102. The Morgan fingerprint density at radius 2 is 1.74 bits per heavy atom. The minimum absolute atomic E-state index is 0.199. The molecule has 7 heteroatoms. The zero-order valence-corrected chi connectivity index (χ0v) is 12.2. The van der Waals surface area contributed by atoms with E-state index in [2.05, 4.69) is 9.56 Å². The number of rotatable bonds is 6. The summed E-state index contributed by atoms with van der Waals surface area (Å²) in [6, 6.07) is 6.17. The van der Waals surface area contributed by atoms with Crippen LogP contribution in [0.3, 0.4) is 0 Å². The van der Waals surface area contributed by atoms with Gasteiger partial charge in [-0.2, -0.15) is 0 Å². The van der Waals surface area contributed by atoms with Crippen molar-refractivity contribution < 1.29 is 18.0 Å². The van der Waals surface area contributed by atoms with E-state index in [1.165, 1.54) is 12.1 Å². The number of nitrogens with one attached hydrogen (secondary N) is 1. The van der Waals surface area contributed by atoms with Gasteiger partial charge in [-0.1, -0.05) is 0 Å². The summed E-state index contributed by atoms with van der Waals surface area (Å²) in [6.45, 7) is 5.94. The van der Waals surface area contributed by atoms with Gasteiger partial charge in [0, 0.05) is 5.54 Å². The van der Waals surface area contributed by atoms with Crippen molar-refractivity contribution >= 4 is 10.0 Å². The first-order valence-corrected chi connectivity index (χ1v) is 7.31. The summed E-state index contributed by atoms with van der Waals surface area (Å²) in [6.07, 6.45) is 0. The van der Waals surface area contributed by atoms with Gasteiger partial charge in [0.1, 0.15) is 19.0 Å². The number of hydrogen-bond acceptors (Lipinski definition) is 5. The van der Waals surface area contributed by atoms with E-state index in [0.29, 0.717) is 12.4 Å². The number of ether oxygens (including phenoxy) is 1. The van der Waals surface area contributed by atoms with Crippen molar-refractivity contribution in [3.8, 4) is 5.75 Å². The summed E-state index contributed by atoms with van der Waals surface area (Å²) in [5, 5.41) is 0. The highest BCUT2D eigenvalue weighted by Gasteiger charge is 2.21. The molecule has 1 aromatic carbocycles. The van der Waals surface area contributed by atoms with Gasteiger partial charge in [0.25, 0.3) is 0 Å². The van der Waals surface area contributed by atoms with E-state index in [1.807, 2.05) is 0 Å². The lowest BCUT2D eigenvalue weighted by Crippen LogP contribution is -2.40. The molecule has 0 bridgehead atoms. The summed E-state index contributed by atoms with van der Waals surface area (Å²) in [4.78, 5) is 4.56. The molecule has 0 unspecified atom stereocenters. The minimum Gasteiger partial charge on any atom is -0.491 e. The van der Waals surface area contributed by atoms with E-state index >= 15 is 0 Å². The molecule has 0 aliphatic carbocycles. The maximum absolute atomic E-state index is 12.0. The monoisotopic (exact) mass is 288 g/mol. The Labute approximate surface area is 113 Å². The predicted octanol–water partition coefficient (Wildman–Crippen LogP) is 1.03. The van der Waals surface area contributed by atoms with Crippen LogP contribution < -0.4 is 15.4 Å². The van der Waals surface area contributed by atoms with Gasteiger partial charge in [-0.15, -0.1) is 0 Å². The minimum atomic E-state index is -3.51. The summed E-state index contributed by atoms with van der Waals surface area (Å²) in [5.74, 6) is 5.43. The average molecular weight is 288 g/mol. The number of sulfonamides is 1. The Morgan fingerprint density at radius 1 is 1.16 bits per heavy atom. The fourth-order valence-electron chi connectivity index (χ4n) is 1.38. The van der Waals surface area contributed by atoms with Crippen LogP contribution in [0.2, 0.25) is 0 Å². The Kier molecular flexibility index (Phi) is 5.30. The van der Waals surface area contributed by atoms with E-state index in [0.717, 1.165) is 0 Å². The lowest BCUT2D eigenvalue weighted by Gasteiger charge is -2.20. The van der Waals surface area contributed by atoms with Gasteiger partial charge < -0.3 is 9.57 Å². The predicted molar refractivity (Wildman–Crippen MR) is 72.2 cm³/mol. The Hall–Kier alpha value is -1.15. The molecule has 0 saturated heterocycles. The zero-order valence-electron chi connectivity index (χ0n) is 11.3. The van der Waals surface area contributed by atoms with Crippen molar-refractivity contribution in [1.82, 2.24) is 4.72 Å². The standard InChI is InChI=1S/C12H20N2O4S/c1-12(2,3)14-19(15,16)11-6-4-10(5-7-11)17-8-9-18-13/h4-7,14H,8-9,13H2,1-3H3. The van der Waals surface area contributed by atoms with E-state index in [4.69, 9.17) is 10.6 Å². The van der Waals surface area contributed by atoms with Gasteiger partial charge in [0.2, 0.25) is 10.0 Å². The molecule has 0 radical (unpaired) electrons. The Balaban J connectivity index is 2.75. The third kappa shape index (κ3) is 5.56. The number of benzene rings is 1. The van der Waals surface area contributed by atoms with Crippen molar-refractivity contribution in [2.45, 2.75) is 31.2 Å². The molecule has 1 rings (SSSR count). The second kappa shape index (κ2) is 6.33. The molecular formula is C12H20N2O4S. The van der Waals surface area contributed by atoms with Crippen molar-refractivity contribution in [2.24, 2.45) is 5.90 Å². The molecule has 1 aromatic rings. The van der Waals surface area contributed by atoms with Crippen LogP contribution in [0.25, 0.3) is 0 Å². The van der Waals surface area contributed by atoms with Gasteiger partial charge in [-0.3, -0.25) is 0 Å². The molecule has 0 aromatic heterocycles. The van der Waals surface area contributed by atoms with Crippen LogP contribution in [0.1, 0.15) is 20.8 Å². The van der Waals surface area contributed by atoms with Gasteiger partial charge in [-0.05, 0) is 45.0 Å².